The quantitative estimate of drug-likeness (QED) is 0.0318. The highest BCUT2D eigenvalue weighted by Crippen LogP contribution is 2.36. The van der Waals surface area contributed by atoms with Gasteiger partial charge in [-0.05, 0) is 18.9 Å². The van der Waals surface area contributed by atoms with Gasteiger partial charge >= 0.3 is 0 Å². The van der Waals surface area contributed by atoms with E-state index in [1.165, 1.54) is 6.92 Å². The Labute approximate surface area is 301 Å². The van der Waals surface area contributed by atoms with Gasteiger partial charge in [0.2, 0.25) is 5.91 Å². The summed E-state index contributed by atoms with van der Waals surface area (Å²) in [6.45, 7) is -0.141. The van der Waals surface area contributed by atoms with Gasteiger partial charge in [0, 0.05) is 25.0 Å². The first kappa shape index (κ1) is 43.7. The van der Waals surface area contributed by atoms with Crippen molar-refractivity contribution in [2.75, 3.05) is 33.0 Å². The Morgan fingerprint density at radius 2 is 1.15 bits per heavy atom. The second-order valence-electron chi connectivity index (χ2n) is 13.0. The molecule has 4 saturated heterocycles. The van der Waals surface area contributed by atoms with Gasteiger partial charge in [-0.2, -0.15) is 0 Å². The van der Waals surface area contributed by atoms with Crippen LogP contribution in [0.3, 0.4) is 0 Å². The zero-order valence-corrected chi connectivity index (χ0v) is 28.7. The number of aliphatic hydroxyl groups excluding tert-OH is 11. The number of azide groups is 1. The van der Waals surface area contributed by atoms with E-state index in [0.29, 0.717) is 0 Å². The largest absolute Gasteiger partial charge is 0.394 e. The molecule has 0 aromatic rings. The molecule has 24 nitrogen and oxygen atoms in total. The molecular weight excluding hydrogens is 724 g/mol. The molecule has 0 spiro atoms. The summed E-state index contributed by atoms with van der Waals surface area (Å²) in [6.07, 6.45) is -32.6. The van der Waals surface area contributed by atoms with Crippen molar-refractivity contribution in [3.63, 3.8) is 0 Å². The smallest absolute Gasteiger partial charge is 0.217 e. The first-order valence-corrected chi connectivity index (χ1v) is 16.9. The molecule has 306 valence electrons. The summed E-state index contributed by atoms with van der Waals surface area (Å²) in [6, 6.07) is -1.38. The van der Waals surface area contributed by atoms with E-state index in [1.807, 2.05) is 0 Å². The first-order valence-electron chi connectivity index (χ1n) is 16.9. The lowest BCUT2D eigenvalue weighted by Crippen LogP contribution is -2.70. The molecule has 4 aliphatic rings. The van der Waals surface area contributed by atoms with Crippen LogP contribution in [-0.2, 0) is 42.7 Å². The fourth-order valence-corrected chi connectivity index (χ4v) is 6.36. The highest BCUT2D eigenvalue weighted by atomic mass is 16.8. The molecule has 24 heteroatoms. The Kier molecular flexibility index (Phi) is 16.3. The molecule has 4 heterocycles. The molecule has 20 atom stereocenters. The third-order valence-corrected chi connectivity index (χ3v) is 9.30. The van der Waals surface area contributed by atoms with Gasteiger partial charge in [0.25, 0.3) is 0 Å². The Bertz CT molecular complexity index is 1200. The molecule has 0 bridgehead atoms. The summed E-state index contributed by atoms with van der Waals surface area (Å²) in [5.41, 5.74) is 8.56. The topological polar surface area (TPSA) is 374 Å². The number of hydrogen-bond acceptors (Lipinski definition) is 21. The van der Waals surface area contributed by atoms with Crippen LogP contribution in [0.5, 0.6) is 0 Å². The minimum atomic E-state index is -2.01. The standard InChI is InChI=1S/C29H50N4O20/c1-9-15(38)19(42)21(44)27(47-9)53-25-24(52-28-22(45)20(43)16(39)11(6-34)49-28)18(41)13(8-36)50-29(25)51-23-14(32-10(2)37)26(46-5-3-4-31-33-30)48-12(7-35)17(23)40/h9,11-29,34-36,38-45H,3-8H2,1-2H3,(H,32,37)/t9?,11?,12?,13?,14?,15-,16+,17+,18+,19?,20+,21+,22?,23-,24+,25?,26-,27+,28-,29+/m1/s1. The number of nitrogens with one attached hydrogen (secondary N) is 1. The third-order valence-electron chi connectivity index (χ3n) is 9.30. The maximum absolute atomic E-state index is 12.4. The molecule has 1 amide bonds. The summed E-state index contributed by atoms with van der Waals surface area (Å²) >= 11 is 0. The lowest BCUT2D eigenvalue weighted by atomic mass is 9.94. The van der Waals surface area contributed by atoms with Gasteiger partial charge in [-0.25, -0.2) is 0 Å². The maximum Gasteiger partial charge on any atom is 0.217 e. The van der Waals surface area contributed by atoms with Crippen molar-refractivity contribution in [2.24, 2.45) is 5.11 Å². The summed E-state index contributed by atoms with van der Waals surface area (Å²) in [5, 5.41) is 122. The van der Waals surface area contributed by atoms with E-state index in [9.17, 15) is 61.0 Å². The molecule has 0 aromatic heterocycles. The van der Waals surface area contributed by atoms with E-state index in [-0.39, 0.29) is 19.6 Å². The zero-order chi connectivity index (χ0) is 39.1. The van der Waals surface area contributed by atoms with Crippen LogP contribution in [0.25, 0.3) is 10.4 Å². The van der Waals surface area contributed by atoms with E-state index < -0.39 is 148 Å². The molecule has 12 N–H and O–H groups in total. The molecule has 8 unspecified atom stereocenters. The average Bonchev–Trinajstić information content (AvgIpc) is 3.13. The molecule has 0 radical (unpaired) electrons. The van der Waals surface area contributed by atoms with Crippen LogP contribution in [0.15, 0.2) is 5.11 Å². The van der Waals surface area contributed by atoms with Gasteiger partial charge in [-0.15, -0.1) is 0 Å². The SMILES string of the molecule is CC(=O)NC1[C@H](OCCCN=[N+]=[N-])OC(CO)[C@H](O)[C@@H]1O[C@@H]1OC(CO)[C@H](O)[C@H](O[C@H]2OC(CO)[C@H](O)[C@H](O)C2O)C1O[C@@H]1OC(C)[C@@H](O)C(O)[C@@H]1O. The fraction of sp³-hybridized carbons (Fsp3) is 0.966. The normalized spacial score (nSPS) is 46.4. The van der Waals surface area contributed by atoms with Gasteiger partial charge in [0.15, 0.2) is 25.2 Å². The average molecular weight is 775 g/mol. The monoisotopic (exact) mass is 774 g/mol. The number of carbonyl (C=O) groups excluding carboxylic acids is 1. The molecule has 0 aliphatic carbocycles. The molecule has 53 heavy (non-hydrogen) atoms. The number of ether oxygens (including phenoxy) is 8. The predicted octanol–water partition coefficient (Wildman–Crippen LogP) is -6.85. The Hall–Kier alpha value is -1.98. The first-order chi connectivity index (χ1) is 25.2. The van der Waals surface area contributed by atoms with E-state index in [1.54, 1.807) is 0 Å². The Morgan fingerprint density at radius 1 is 0.660 bits per heavy atom. The lowest BCUT2D eigenvalue weighted by molar-refractivity contribution is -0.401. The Morgan fingerprint density at radius 3 is 1.74 bits per heavy atom. The minimum absolute atomic E-state index is 0.0368. The second kappa shape index (κ2) is 19.7. The second-order valence-corrected chi connectivity index (χ2v) is 13.0. The molecule has 4 fully saturated rings. The number of rotatable bonds is 15. The van der Waals surface area contributed by atoms with Crippen LogP contribution in [0.1, 0.15) is 20.3 Å². The van der Waals surface area contributed by atoms with Gasteiger partial charge in [0.1, 0.15) is 91.5 Å². The maximum atomic E-state index is 12.4. The number of nitrogens with zero attached hydrogens (tertiary/aromatic N) is 3. The van der Waals surface area contributed by atoms with E-state index in [2.05, 4.69) is 15.3 Å². The van der Waals surface area contributed by atoms with Gasteiger partial charge in [-0.3, -0.25) is 4.79 Å². The van der Waals surface area contributed by atoms with Gasteiger partial charge in [-0.1, -0.05) is 5.11 Å². The van der Waals surface area contributed by atoms with E-state index in [4.69, 9.17) is 43.4 Å². The summed E-state index contributed by atoms with van der Waals surface area (Å²) in [7, 11) is 0. The molecule has 4 rings (SSSR count). The summed E-state index contributed by atoms with van der Waals surface area (Å²) < 4.78 is 46.4. The fourth-order valence-electron chi connectivity index (χ4n) is 6.36. The highest BCUT2D eigenvalue weighted by Gasteiger charge is 2.56. The minimum Gasteiger partial charge on any atom is -0.394 e. The summed E-state index contributed by atoms with van der Waals surface area (Å²) in [4.78, 5) is 15.0. The molecule has 4 aliphatic heterocycles. The van der Waals surface area contributed by atoms with Crippen molar-refractivity contribution in [3.8, 4) is 0 Å². The van der Waals surface area contributed by atoms with Crippen LogP contribution in [-0.4, -0.2) is 218 Å². The van der Waals surface area contributed by atoms with E-state index in [0.717, 1.165) is 6.92 Å². The number of aliphatic hydroxyl groups is 11. The van der Waals surface area contributed by atoms with Crippen molar-refractivity contribution >= 4 is 5.91 Å². The molecule has 0 saturated carbocycles. The number of hydrogen-bond donors (Lipinski definition) is 12. The van der Waals surface area contributed by atoms with E-state index >= 15 is 0 Å². The van der Waals surface area contributed by atoms with Gasteiger partial charge in [0.05, 0.1) is 25.9 Å². The number of carbonyl (C=O) groups is 1. The summed E-state index contributed by atoms with van der Waals surface area (Å²) in [5.74, 6) is -0.658. The number of amides is 1. The third kappa shape index (κ3) is 10.1. The van der Waals surface area contributed by atoms with Crippen molar-refractivity contribution in [1.29, 1.82) is 0 Å². The van der Waals surface area contributed by atoms with Crippen LogP contribution < -0.4 is 5.32 Å². The zero-order valence-electron chi connectivity index (χ0n) is 28.7. The van der Waals surface area contributed by atoms with Crippen molar-refractivity contribution < 1.29 is 98.9 Å². The van der Waals surface area contributed by atoms with Crippen molar-refractivity contribution in [3.05, 3.63) is 10.4 Å². The lowest BCUT2D eigenvalue weighted by Gasteiger charge is -2.51. The molecular formula is C29H50N4O20. The van der Waals surface area contributed by atoms with Crippen LogP contribution in [0, 0.1) is 0 Å². The highest BCUT2D eigenvalue weighted by molar-refractivity contribution is 5.73. The Balaban J connectivity index is 1.73. The van der Waals surface area contributed by atoms with Crippen molar-refractivity contribution in [1.82, 2.24) is 5.32 Å². The van der Waals surface area contributed by atoms with Crippen molar-refractivity contribution in [2.45, 2.75) is 143 Å². The van der Waals surface area contributed by atoms with Crippen LogP contribution >= 0.6 is 0 Å². The predicted molar refractivity (Wildman–Crippen MR) is 166 cm³/mol. The van der Waals surface area contributed by atoms with Crippen LogP contribution in [0.2, 0.25) is 0 Å². The van der Waals surface area contributed by atoms with Gasteiger partial charge < -0.3 is 99.4 Å². The molecule has 0 aromatic carbocycles. The van der Waals surface area contributed by atoms with Crippen LogP contribution in [0.4, 0.5) is 0 Å².